The Hall–Kier alpha value is -1.14. The number of ketones is 1. The zero-order valence-corrected chi connectivity index (χ0v) is 13.9. The van der Waals surface area contributed by atoms with Crippen LogP contribution in [0.2, 0.25) is 0 Å². The van der Waals surface area contributed by atoms with Crippen LogP contribution in [-0.2, 0) is 4.79 Å². The average molecular weight is 346 g/mol. The molecule has 5 nitrogen and oxygen atoms in total. The van der Waals surface area contributed by atoms with Crippen molar-refractivity contribution in [2.24, 2.45) is 0 Å². The molecule has 1 N–H and O–H groups in total. The minimum Gasteiger partial charge on any atom is -0.314 e. The number of amides is 1. The second kappa shape index (κ2) is 8.48. The largest absolute Gasteiger partial charge is 0.314 e. The van der Waals surface area contributed by atoms with Gasteiger partial charge in [0, 0.05) is 32.7 Å². The van der Waals surface area contributed by atoms with Gasteiger partial charge in [0.2, 0.25) is 0 Å². The number of benzene rings is 1. The summed E-state index contributed by atoms with van der Waals surface area (Å²) in [4.78, 5) is 27.9. The second-order valence-corrected chi connectivity index (χ2v) is 5.25. The molecule has 0 saturated carbocycles. The summed E-state index contributed by atoms with van der Waals surface area (Å²) in [6, 6.07) is 7.25. The van der Waals surface area contributed by atoms with Crippen LogP contribution in [0.4, 0.5) is 5.69 Å². The van der Waals surface area contributed by atoms with Gasteiger partial charge in [0.1, 0.15) is 0 Å². The summed E-state index contributed by atoms with van der Waals surface area (Å²) in [6.07, 6.45) is 0.896. The summed E-state index contributed by atoms with van der Waals surface area (Å²) in [5.41, 5.74) is 1.31. The standard InChI is InChI=1S/C15H19N3O2.2ClH/c19-14-12-4-1-2-5-13(12)18(15(14)20)9-3-8-17-10-6-16-7-11-17;;/h1-2,4-5,16H,3,6-11H2;2*1H. The molecule has 1 saturated heterocycles. The molecule has 3 rings (SSSR count). The van der Waals surface area contributed by atoms with Crippen molar-refractivity contribution in [1.29, 1.82) is 0 Å². The Kier molecular flexibility index (Phi) is 7.29. The number of hydrogen-bond donors (Lipinski definition) is 1. The Labute approximate surface area is 142 Å². The maximum Gasteiger partial charge on any atom is 0.299 e. The average Bonchev–Trinajstić information content (AvgIpc) is 2.74. The van der Waals surface area contributed by atoms with Gasteiger partial charge in [0.05, 0.1) is 11.3 Å². The molecule has 1 aromatic carbocycles. The lowest BCUT2D eigenvalue weighted by atomic mass is 10.1. The van der Waals surface area contributed by atoms with Crippen molar-refractivity contribution in [2.75, 3.05) is 44.2 Å². The van der Waals surface area contributed by atoms with Gasteiger partial charge in [-0.15, -0.1) is 24.8 Å². The number of nitrogens with one attached hydrogen (secondary N) is 1. The molecule has 7 heteroatoms. The maximum absolute atomic E-state index is 12.0. The molecule has 1 aromatic rings. The monoisotopic (exact) mass is 345 g/mol. The zero-order chi connectivity index (χ0) is 13.9. The minimum absolute atomic E-state index is 0. The molecule has 0 unspecified atom stereocenters. The SMILES string of the molecule is Cl.Cl.O=C1C(=O)N(CCCN2CCNCC2)c2ccccc21. The predicted octanol–water partition coefficient (Wildman–Crippen LogP) is 1.35. The normalized spacial score (nSPS) is 17.7. The lowest BCUT2D eigenvalue weighted by molar-refractivity contribution is -0.114. The smallest absolute Gasteiger partial charge is 0.299 e. The van der Waals surface area contributed by atoms with Crippen molar-refractivity contribution >= 4 is 42.2 Å². The van der Waals surface area contributed by atoms with Crippen molar-refractivity contribution in [3.05, 3.63) is 29.8 Å². The highest BCUT2D eigenvalue weighted by Crippen LogP contribution is 2.28. The molecule has 122 valence electrons. The van der Waals surface area contributed by atoms with Crippen LogP contribution < -0.4 is 10.2 Å². The number of anilines is 1. The Morgan fingerprint density at radius 2 is 1.68 bits per heavy atom. The van der Waals surface area contributed by atoms with E-state index in [1.807, 2.05) is 12.1 Å². The van der Waals surface area contributed by atoms with Gasteiger partial charge in [-0.2, -0.15) is 0 Å². The van der Waals surface area contributed by atoms with E-state index >= 15 is 0 Å². The van der Waals surface area contributed by atoms with Gasteiger partial charge in [-0.25, -0.2) is 0 Å². The molecular formula is C15H21Cl2N3O2. The number of rotatable bonds is 4. The maximum atomic E-state index is 12.0. The molecule has 0 radical (unpaired) electrons. The molecule has 1 fully saturated rings. The summed E-state index contributed by atoms with van der Waals surface area (Å²) in [5, 5.41) is 3.32. The van der Waals surface area contributed by atoms with Crippen molar-refractivity contribution in [1.82, 2.24) is 10.2 Å². The number of carbonyl (C=O) groups is 2. The van der Waals surface area contributed by atoms with E-state index in [4.69, 9.17) is 0 Å². The third-order valence-corrected chi connectivity index (χ3v) is 3.94. The van der Waals surface area contributed by atoms with Crippen LogP contribution in [0.25, 0.3) is 0 Å². The van der Waals surface area contributed by atoms with E-state index < -0.39 is 0 Å². The van der Waals surface area contributed by atoms with E-state index in [0.29, 0.717) is 12.1 Å². The highest BCUT2D eigenvalue weighted by Gasteiger charge is 2.34. The van der Waals surface area contributed by atoms with Crippen LogP contribution in [0, 0.1) is 0 Å². The van der Waals surface area contributed by atoms with Crippen LogP contribution in [0.1, 0.15) is 16.8 Å². The van der Waals surface area contributed by atoms with E-state index in [-0.39, 0.29) is 36.5 Å². The molecule has 2 heterocycles. The third kappa shape index (κ3) is 3.79. The van der Waals surface area contributed by atoms with Crippen LogP contribution >= 0.6 is 24.8 Å². The molecule has 2 aliphatic rings. The Bertz CT molecular complexity index is 533. The quantitative estimate of drug-likeness (QED) is 0.837. The summed E-state index contributed by atoms with van der Waals surface area (Å²) < 4.78 is 0. The highest BCUT2D eigenvalue weighted by molar-refractivity contribution is 6.52. The van der Waals surface area contributed by atoms with Gasteiger partial charge < -0.3 is 15.1 Å². The van der Waals surface area contributed by atoms with Gasteiger partial charge in [0.25, 0.3) is 11.7 Å². The van der Waals surface area contributed by atoms with E-state index in [2.05, 4.69) is 10.2 Å². The number of fused-ring (bicyclic) bond motifs is 1. The van der Waals surface area contributed by atoms with E-state index in [1.165, 1.54) is 0 Å². The molecule has 2 aliphatic heterocycles. The number of halogens is 2. The number of carbonyl (C=O) groups excluding carboxylic acids is 2. The first-order chi connectivity index (χ1) is 9.77. The first-order valence-electron chi connectivity index (χ1n) is 7.15. The number of Topliss-reactive ketones (excluding diaryl/α,β-unsaturated/α-hetero) is 1. The number of piperazine rings is 1. The van der Waals surface area contributed by atoms with Crippen molar-refractivity contribution in [3.8, 4) is 0 Å². The molecule has 22 heavy (non-hydrogen) atoms. The van der Waals surface area contributed by atoms with Crippen LogP contribution in [0.3, 0.4) is 0 Å². The number of nitrogens with zero attached hydrogens (tertiary/aromatic N) is 2. The Morgan fingerprint density at radius 3 is 2.41 bits per heavy atom. The summed E-state index contributed by atoms with van der Waals surface area (Å²) in [6.45, 7) is 5.77. The second-order valence-electron chi connectivity index (χ2n) is 5.25. The molecule has 1 amide bonds. The van der Waals surface area contributed by atoms with Gasteiger partial charge in [-0.3, -0.25) is 9.59 Å². The molecular weight excluding hydrogens is 325 g/mol. The molecule has 0 aliphatic carbocycles. The molecule has 0 bridgehead atoms. The number of hydrogen-bond acceptors (Lipinski definition) is 4. The molecule has 0 spiro atoms. The first kappa shape index (κ1) is 18.9. The summed E-state index contributed by atoms with van der Waals surface area (Å²) in [7, 11) is 0. The van der Waals surface area contributed by atoms with Crippen LogP contribution in [-0.4, -0.2) is 55.9 Å². The highest BCUT2D eigenvalue weighted by atomic mass is 35.5. The fourth-order valence-electron chi connectivity index (χ4n) is 2.86. The van der Waals surface area contributed by atoms with E-state index in [1.54, 1.807) is 17.0 Å². The summed E-state index contributed by atoms with van der Waals surface area (Å²) >= 11 is 0. The molecule has 0 atom stereocenters. The van der Waals surface area contributed by atoms with Crippen molar-refractivity contribution in [2.45, 2.75) is 6.42 Å². The fourth-order valence-corrected chi connectivity index (χ4v) is 2.86. The fraction of sp³-hybridized carbons (Fsp3) is 0.467. The lowest BCUT2D eigenvalue weighted by Crippen LogP contribution is -2.44. The van der Waals surface area contributed by atoms with E-state index in [9.17, 15) is 9.59 Å². The van der Waals surface area contributed by atoms with Crippen LogP contribution in [0.15, 0.2) is 24.3 Å². The van der Waals surface area contributed by atoms with Gasteiger partial charge in [-0.05, 0) is 25.1 Å². The number of para-hydroxylation sites is 1. The van der Waals surface area contributed by atoms with Gasteiger partial charge in [-0.1, -0.05) is 12.1 Å². The van der Waals surface area contributed by atoms with Crippen molar-refractivity contribution < 1.29 is 9.59 Å². The molecule has 0 aromatic heterocycles. The first-order valence-corrected chi connectivity index (χ1v) is 7.15. The summed E-state index contributed by atoms with van der Waals surface area (Å²) in [5.74, 6) is -0.755. The van der Waals surface area contributed by atoms with Crippen molar-refractivity contribution in [3.63, 3.8) is 0 Å². The van der Waals surface area contributed by atoms with Gasteiger partial charge >= 0.3 is 0 Å². The predicted molar refractivity (Wildman–Crippen MR) is 91.5 cm³/mol. The minimum atomic E-state index is -0.383. The topological polar surface area (TPSA) is 52.7 Å². The Morgan fingerprint density at radius 1 is 1.00 bits per heavy atom. The lowest BCUT2D eigenvalue weighted by Gasteiger charge is -2.27. The zero-order valence-electron chi connectivity index (χ0n) is 12.3. The Balaban J connectivity index is 0.00000121. The third-order valence-electron chi connectivity index (χ3n) is 3.94. The van der Waals surface area contributed by atoms with Crippen LogP contribution in [0.5, 0.6) is 0 Å². The van der Waals surface area contributed by atoms with E-state index in [0.717, 1.165) is 44.8 Å². The van der Waals surface area contributed by atoms with Gasteiger partial charge in [0.15, 0.2) is 0 Å².